The standard InChI is InChI=1S/C10H12BrNO2/c1-2-6-14-10(13)7-4-3-5-8(11)9(7)12/h3-5H,2,6,12H2,1H3. The van der Waals surface area contributed by atoms with Crippen molar-refractivity contribution in [3.05, 3.63) is 28.2 Å². The third-order valence-electron chi connectivity index (χ3n) is 1.71. The molecule has 2 N–H and O–H groups in total. The van der Waals surface area contributed by atoms with Crippen molar-refractivity contribution in [1.29, 1.82) is 0 Å². The number of anilines is 1. The normalized spacial score (nSPS) is 9.86. The van der Waals surface area contributed by atoms with E-state index < -0.39 is 0 Å². The molecule has 0 bridgehead atoms. The minimum atomic E-state index is -0.370. The van der Waals surface area contributed by atoms with Crippen molar-refractivity contribution >= 4 is 27.6 Å². The van der Waals surface area contributed by atoms with E-state index in [1.165, 1.54) is 0 Å². The topological polar surface area (TPSA) is 52.3 Å². The Labute approximate surface area is 91.4 Å². The summed E-state index contributed by atoms with van der Waals surface area (Å²) >= 11 is 3.25. The molecule has 0 fully saturated rings. The maximum absolute atomic E-state index is 11.5. The molecule has 76 valence electrons. The number of nitrogen functional groups attached to an aromatic ring is 1. The highest BCUT2D eigenvalue weighted by molar-refractivity contribution is 9.10. The molecule has 4 heteroatoms. The van der Waals surface area contributed by atoms with Gasteiger partial charge in [-0.05, 0) is 34.5 Å². The third-order valence-corrected chi connectivity index (χ3v) is 2.40. The predicted molar refractivity (Wildman–Crippen MR) is 59.1 cm³/mol. The summed E-state index contributed by atoms with van der Waals surface area (Å²) in [7, 11) is 0. The van der Waals surface area contributed by atoms with Crippen LogP contribution in [0.15, 0.2) is 22.7 Å². The van der Waals surface area contributed by atoms with E-state index in [0.29, 0.717) is 22.3 Å². The lowest BCUT2D eigenvalue weighted by molar-refractivity contribution is 0.0506. The fraction of sp³-hybridized carbons (Fsp3) is 0.300. The number of carbonyl (C=O) groups is 1. The number of rotatable bonds is 3. The Bertz CT molecular complexity index is 339. The fourth-order valence-corrected chi connectivity index (χ4v) is 1.35. The van der Waals surface area contributed by atoms with E-state index in [1.54, 1.807) is 18.2 Å². The summed E-state index contributed by atoms with van der Waals surface area (Å²) in [5, 5.41) is 0. The van der Waals surface area contributed by atoms with Gasteiger partial charge in [0, 0.05) is 4.47 Å². The zero-order valence-corrected chi connectivity index (χ0v) is 9.50. The molecule has 0 atom stereocenters. The van der Waals surface area contributed by atoms with Crippen LogP contribution in [0, 0.1) is 0 Å². The van der Waals surface area contributed by atoms with Crippen molar-refractivity contribution in [3.63, 3.8) is 0 Å². The first-order valence-electron chi connectivity index (χ1n) is 4.38. The number of benzene rings is 1. The van der Waals surface area contributed by atoms with Crippen LogP contribution in [0.2, 0.25) is 0 Å². The first-order valence-corrected chi connectivity index (χ1v) is 5.17. The van der Waals surface area contributed by atoms with E-state index >= 15 is 0 Å². The predicted octanol–water partition coefficient (Wildman–Crippen LogP) is 2.60. The Morgan fingerprint density at radius 1 is 1.57 bits per heavy atom. The molecule has 1 aromatic rings. The molecule has 0 unspecified atom stereocenters. The van der Waals surface area contributed by atoms with Crippen LogP contribution in [0.3, 0.4) is 0 Å². The molecule has 0 saturated heterocycles. The van der Waals surface area contributed by atoms with Crippen LogP contribution in [0.1, 0.15) is 23.7 Å². The maximum atomic E-state index is 11.5. The fourth-order valence-electron chi connectivity index (χ4n) is 0.988. The number of hydrogen-bond donors (Lipinski definition) is 1. The van der Waals surface area contributed by atoms with Gasteiger partial charge in [0.05, 0.1) is 17.9 Å². The van der Waals surface area contributed by atoms with E-state index in [0.717, 1.165) is 6.42 Å². The Hall–Kier alpha value is -1.03. The summed E-state index contributed by atoms with van der Waals surface area (Å²) < 4.78 is 5.68. The van der Waals surface area contributed by atoms with Crippen LogP contribution in [0.25, 0.3) is 0 Å². The summed E-state index contributed by atoms with van der Waals surface area (Å²) in [6.45, 7) is 2.36. The monoisotopic (exact) mass is 257 g/mol. The van der Waals surface area contributed by atoms with Gasteiger partial charge in [0.25, 0.3) is 0 Å². The number of hydrogen-bond acceptors (Lipinski definition) is 3. The van der Waals surface area contributed by atoms with Crippen molar-refractivity contribution < 1.29 is 9.53 Å². The third kappa shape index (κ3) is 2.48. The number of carbonyl (C=O) groups excluding carboxylic acids is 1. The first-order chi connectivity index (χ1) is 6.66. The lowest BCUT2D eigenvalue weighted by Crippen LogP contribution is -2.09. The Morgan fingerprint density at radius 3 is 2.93 bits per heavy atom. The first kappa shape index (κ1) is 11.0. The highest BCUT2D eigenvalue weighted by atomic mass is 79.9. The van der Waals surface area contributed by atoms with Crippen LogP contribution >= 0.6 is 15.9 Å². The second kappa shape index (κ2) is 5.00. The smallest absolute Gasteiger partial charge is 0.340 e. The number of ether oxygens (including phenoxy) is 1. The van der Waals surface area contributed by atoms with E-state index in [1.807, 2.05) is 6.92 Å². The highest BCUT2D eigenvalue weighted by Gasteiger charge is 2.11. The molecule has 0 saturated carbocycles. The molecular formula is C10H12BrNO2. The quantitative estimate of drug-likeness (QED) is 0.669. The number of esters is 1. The molecule has 0 amide bonds. The van der Waals surface area contributed by atoms with Crippen molar-refractivity contribution in [1.82, 2.24) is 0 Å². The van der Waals surface area contributed by atoms with Gasteiger partial charge < -0.3 is 10.5 Å². The molecule has 0 radical (unpaired) electrons. The van der Waals surface area contributed by atoms with Crippen LogP contribution in [-0.4, -0.2) is 12.6 Å². The summed E-state index contributed by atoms with van der Waals surface area (Å²) in [5.74, 6) is -0.370. The van der Waals surface area contributed by atoms with E-state index in [2.05, 4.69) is 15.9 Å². The van der Waals surface area contributed by atoms with Crippen molar-refractivity contribution in [2.75, 3.05) is 12.3 Å². The molecule has 0 aliphatic rings. The van der Waals surface area contributed by atoms with Gasteiger partial charge in [-0.25, -0.2) is 4.79 Å². The molecule has 14 heavy (non-hydrogen) atoms. The van der Waals surface area contributed by atoms with Crippen LogP contribution in [0.5, 0.6) is 0 Å². The zero-order chi connectivity index (χ0) is 10.6. The summed E-state index contributed by atoms with van der Waals surface area (Å²) in [5.41, 5.74) is 6.54. The lowest BCUT2D eigenvalue weighted by atomic mass is 10.2. The number of para-hydroxylation sites is 1. The molecule has 1 aromatic carbocycles. The largest absolute Gasteiger partial charge is 0.462 e. The van der Waals surface area contributed by atoms with Gasteiger partial charge in [0.15, 0.2) is 0 Å². The summed E-state index contributed by atoms with van der Waals surface area (Å²) in [6, 6.07) is 5.19. The molecule has 1 rings (SSSR count). The Morgan fingerprint density at radius 2 is 2.29 bits per heavy atom. The minimum absolute atomic E-state index is 0.370. The van der Waals surface area contributed by atoms with Gasteiger partial charge in [0.2, 0.25) is 0 Å². The van der Waals surface area contributed by atoms with E-state index in [4.69, 9.17) is 10.5 Å². The lowest BCUT2D eigenvalue weighted by Gasteiger charge is -2.06. The van der Waals surface area contributed by atoms with Gasteiger partial charge in [0.1, 0.15) is 0 Å². The van der Waals surface area contributed by atoms with Crippen molar-refractivity contribution in [2.24, 2.45) is 0 Å². The van der Waals surface area contributed by atoms with Crippen LogP contribution in [-0.2, 0) is 4.74 Å². The van der Waals surface area contributed by atoms with Gasteiger partial charge >= 0.3 is 5.97 Å². The second-order valence-electron chi connectivity index (χ2n) is 2.84. The summed E-state index contributed by atoms with van der Waals surface area (Å²) in [4.78, 5) is 11.5. The van der Waals surface area contributed by atoms with Gasteiger partial charge in [-0.2, -0.15) is 0 Å². The molecule has 0 heterocycles. The van der Waals surface area contributed by atoms with Gasteiger partial charge in [-0.15, -0.1) is 0 Å². The molecule has 0 aliphatic heterocycles. The van der Waals surface area contributed by atoms with E-state index in [-0.39, 0.29) is 5.97 Å². The molecule has 0 aliphatic carbocycles. The van der Waals surface area contributed by atoms with Crippen molar-refractivity contribution in [3.8, 4) is 0 Å². The zero-order valence-electron chi connectivity index (χ0n) is 7.92. The second-order valence-corrected chi connectivity index (χ2v) is 3.69. The average molecular weight is 258 g/mol. The molecule has 0 spiro atoms. The average Bonchev–Trinajstić information content (AvgIpc) is 2.18. The molecule has 3 nitrogen and oxygen atoms in total. The SMILES string of the molecule is CCCOC(=O)c1cccc(Br)c1N. The molecular weight excluding hydrogens is 246 g/mol. The van der Waals surface area contributed by atoms with Crippen LogP contribution in [0.4, 0.5) is 5.69 Å². The Kier molecular flexibility index (Phi) is 3.95. The summed E-state index contributed by atoms with van der Waals surface area (Å²) in [6.07, 6.45) is 0.805. The molecule has 0 aromatic heterocycles. The number of nitrogens with two attached hydrogens (primary N) is 1. The highest BCUT2D eigenvalue weighted by Crippen LogP contribution is 2.23. The van der Waals surface area contributed by atoms with Crippen molar-refractivity contribution in [2.45, 2.75) is 13.3 Å². The maximum Gasteiger partial charge on any atom is 0.340 e. The van der Waals surface area contributed by atoms with Gasteiger partial charge in [-0.1, -0.05) is 13.0 Å². The Balaban J connectivity index is 2.84. The van der Waals surface area contributed by atoms with E-state index in [9.17, 15) is 4.79 Å². The minimum Gasteiger partial charge on any atom is -0.462 e. The number of halogens is 1. The van der Waals surface area contributed by atoms with Gasteiger partial charge in [-0.3, -0.25) is 0 Å². The van der Waals surface area contributed by atoms with Crippen LogP contribution < -0.4 is 5.73 Å².